The summed E-state index contributed by atoms with van der Waals surface area (Å²) in [5.41, 5.74) is 0.668. The van der Waals surface area contributed by atoms with Crippen LogP contribution in [0.25, 0.3) is 0 Å². The molecule has 2 amide bonds. The van der Waals surface area contributed by atoms with Crippen molar-refractivity contribution >= 4 is 27.5 Å². The molecule has 8 nitrogen and oxygen atoms in total. The molecular formula is C20H23N3O5S. The molecule has 9 heteroatoms. The van der Waals surface area contributed by atoms with Gasteiger partial charge in [-0.2, -0.15) is 0 Å². The molecule has 2 aromatic rings. The second-order valence-corrected chi connectivity index (χ2v) is 8.29. The number of anilines is 1. The van der Waals surface area contributed by atoms with E-state index in [1.165, 1.54) is 24.3 Å². The first-order chi connectivity index (χ1) is 13.9. The van der Waals surface area contributed by atoms with Gasteiger partial charge in [-0.05, 0) is 68.3 Å². The maximum atomic E-state index is 12.5. The Hall–Kier alpha value is -3.07. The fourth-order valence-corrected chi connectivity index (χ4v) is 3.61. The number of rotatable bonds is 9. The summed E-state index contributed by atoms with van der Waals surface area (Å²) >= 11 is 0. The number of hydrogen-bond acceptors (Lipinski definition) is 5. The molecule has 3 rings (SSSR count). The molecule has 1 aliphatic rings. The lowest BCUT2D eigenvalue weighted by Crippen LogP contribution is -2.37. The van der Waals surface area contributed by atoms with Crippen molar-refractivity contribution in [1.29, 1.82) is 0 Å². The molecule has 0 spiro atoms. The highest BCUT2D eigenvalue weighted by Crippen LogP contribution is 2.20. The lowest BCUT2D eigenvalue weighted by molar-refractivity contribution is -0.120. The highest BCUT2D eigenvalue weighted by molar-refractivity contribution is 7.92. The Balaban J connectivity index is 1.58. The van der Waals surface area contributed by atoms with E-state index in [0.29, 0.717) is 18.0 Å². The van der Waals surface area contributed by atoms with Crippen LogP contribution < -0.4 is 20.1 Å². The summed E-state index contributed by atoms with van der Waals surface area (Å²) in [5.74, 6) is -0.0319. The van der Waals surface area contributed by atoms with E-state index >= 15 is 0 Å². The molecule has 0 bridgehead atoms. The van der Waals surface area contributed by atoms with Crippen molar-refractivity contribution in [1.82, 2.24) is 10.6 Å². The number of carbonyl (C=O) groups excluding carboxylic acids is 2. The first-order valence-corrected chi connectivity index (χ1v) is 10.8. The fourth-order valence-electron chi connectivity index (χ4n) is 2.55. The van der Waals surface area contributed by atoms with Crippen LogP contribution in [0, 0.1) is 0 Å². The highest BCUT2D eigenvalue weighted by atomic mass is 32.2. The molecule has 0 saturated heterocycles. The van der Waals surface area contributed by atoms with Crippen molar-refractivity contribution in [2.75, 3.05) is 17.9 Å². The molecule has 0 radical (unpaired) electrons. The van der Waals surface area contributed by atoms with E-state index in [0.717, 1.165) is 12.8 Å². The zero-order valence-electron chi connectivity index (χ0n) is 16.0. The molecule has 0 aromatic heterocycles. The molecule has 1 saturated carbocycles. The van der Waals surface area contributed by atoms with Crippen molar-refractivity contribution in [2.45, 2.75) is 30.7 Å². The lowest BCUT2D eigenvalue weighted by atomic mass is 10.2. The molecule has 0 heterocycles. The summed E-state index contributed by atoms with van der Waals surface area (Å²) in [7, 11) is -3.80. The smallest absolute Gasteiger partial charge is 0.261 e. The van der Waals surface area contributed by atoms with Crippen LogP contribution in [0.1, 0.15) is 30.1 Å². The van der Waals surface area contributed by atoms with Crippen molar-refractivity contribution in [3.63, 3.8) is 0 Å². The second-order valence-electron chi connectivity index (χ2n) is 6.61. The van der Waals surface area contributed by atoms with Crippen LogP contribution in [-0.2, 0) is 14.8 Å². The highest BCUT2D eigenvalue weighted by Gasteiger charge is 2.23. The lowest BCUT2D eigenvalue weighted by Gasteiger charge is -2.10. The number of amides is 2. The molecule has 1 aliphatic carbocycles. The maximum absolute atomic E-state index is 12.5. The molecule has 154 valence electrons. The van der Waals surface area contributed by atoms with Crippen LogP contribution in [0.2, 0.25) is 0 Å². The van der Waals surface area contributed by atoms with Crippen molar-refractivity contribution < 1.29 is 22.7 Å². The first-order valence-electron chi connectivity index (χ1n) is 9.30. The Morgan fingerprint density at radius 2 is 1.69 bits per heavy atom. The Bertz CT molecular complexity index is 968. The number of nitrogens with one attached hydrogen (secondary N) is 3. The van der Waals surface area contributed by atoms with Crippen LogP contribution in [-0.4, -0.2) is 39.4 Å². The largest absolute Gasteiger partial charge is 0.494 e. The standard InChI is InChI=1S/C20H23N3O5S/c1-2-28-17-9-7-16(8-10-17)23-29(26,27)18-11-3-14(4-12-18)20(25)21-13-19(24)22-15-5-6-15/h3-4,7-12,15,23H,2,5-6,13H2,1H3,(H,21,25)(H,22,24). The number of sulfonamides is 1. The van der Waals surface area contributed by atoms with E-state index in [2.05, 4.69) is 15.4 Å². The van der Waals surface area contributed by atoms with Crippen LogP contribution in [0.4, 0.5) is 5.69 Å². The van der Waals surface area contributed by atoms with Crippen molar-refractivity contribution in [2.24, 2.45) is 0 Å². The predicted octanol–water partition coefficient (Wildman–Crippen LogP) is 1.89. The van der Waals surface area contributed by atoms with Crippen molar-refractivity contribution in [3.05, 3.63) is 54.1 Å². The summed E-state index contributed by atoms with van der Waals surface area (Å²) in [5, 5.41) is 5.29. The van der Waals surface area contributed by atoms with Crippen LogP contribution >= 0.6 is 0 Å². The van der Waals surface area contributed by atoms with E-state index in [9.17, 15) is 18.0 Å². The van der Waals surface area contributed by atoms with E-state index in [1.54, 1.807) is 24.3 Å². The van der Waals surface area contributed by atoms with Gasteiger partial charge in [0.1, 0.15) is 5.75 Å². The Morgan fingerprint density at radius 3 is 2.28 bits per heavy atom. The summed E-state index contributed by atoms with van der Waals surface area (Å²) in [6, 6.07) is 12.3. The van der Waals surface area contributed by atoms with E-state index in [4.69, 9.17) is 4.74 Å². The third-order valence-corrected chi connectivity index (χ3v) is 5.59. The Labute approximate surface area is 169 Å². The van der Waals surface area contributed by atoms with Gasteiger partial charge in [0, 0.05) is 17.3 Å². The Kier molecular flexibility index (Phi) is 6.38. The van der Waals surface area contributed by atoms with Gasteiger partial charge in [-0.1, -0.05) is 0 Å². The number of ether oxygens (including phenoxy) is 1. The summed E-state index contributed by atoms with van der Waals surface area (Å²) in [6.45, 7) is 2.27. The fraction of sp³-hybridized carbons (Fsp3) is 0.300. The van der Waals surface area contributed by atoms with Crippen LogP contribution in [0.5, 0.6) is 5.75 Å². The predicted molar refractivity (Wildman–Crippen MR) is 108 cm³/mol. The minimum atomic E-state index is -3.80. The van der Waals surface area contributed by atoms with Gasteiger partial charge in [0.25, 0.3) is 15.9 Å². The van der Waals surface area contributed by atoms with Gasteiger partial charge in [0.15, 0.2) is 0 Å². The third kappa shape index (κ3) is 5.95. The van der Waals surface area contributed by atoms with Crippen LogP contribution in [0.15, 0.2) is 53.4 Å². The zero-order chi connectivity index (χ0) is 20.9. The SMILES string of the molecule is CCOc1ccc(NS(=O)(=O)c2ccc(C(=O)NCC(=O)NC3CC3)cc2)cc1. The van der Waals surface area contributed by atoms with Gasteiger partial charge >= 0.3 is 0 Å². The maximum Gasteiger partial charge on any atom is 0.261 e. The van der Waals surface area contributed by atoms with Crippen LogP contribution in [0.3, 0.4) is 0 Å². The second kappa shape index (κ2) is 8.95. The monoisotopic (exact) mass is 417 g/mol. The van der Waals surface area contributed by atoms with Gasteiger partial charge < -0.3 is 15.4 Å². The minimum Gasteiger partial charge on any atom is -0.494 e. The van der Waals surface area contributed by atoms with Gasteiger partial charge in [-0.3, -0.25) is 14.3 Å². The summed E-state index contributed by atoms with van der Waals surface area (Å²) in [4.78, 5) is 23.8. The summed E-state index contributed by atoms with van der Waals surface area (Å²) < 4.78 is 32.8. The van der Waals surface area contributed by atoms with E-state index < -0.39 is 15.9 Å². The number of benzene rings is 2. The molecule has 0 atom stereocenters. The van der Waals surface area contributed by atoms with Gasteiger partial charge in [0.05, 0.1) is 18.0 Å². The first kappa shape index (κ1) is 20.7. The molecule has 3 N–H and O–H groups in total. The Morgan fingerprint density at radius 1 is 1.03 bits per heavy atom. The third-order valence-electron chi connectivity index (χ3n) is 4.20. The summed E-state index contributed by atoms with van der Waals surface area (Å²) in [6.07, 6.45) is 1.95. The zero-order valence-corrected chi connectivity index (χ0v) is 16.8. The number of hydrogen-bond donors (Lipinski definition) is 3. The topological polar surface area (TPSA) is 114 Å². The minimum absolute atomic E-state index is 0.0226. The molecule has 1 fully saturated rings. The van der Waals surface area contributed by atoms with Gasteiger partial charge in [0.2, 0.25) is 5.91 Å². The van der Waals surface area contributed by atoms with E-state index in [1.807, 2.05) is 6.92 Å². The van der Waals surface area contributed by atoms with Gasteiger partial charge in [-0.15, -0.1) is 0 Å². The van der Waals surface area contributed by atoms with E-state index in [-0.39, 0.29) is 29.0 Å². The average molecular weight is 417 g/mol. The normalized spacial score (nSPS) is 13.4. The molecular weight excluding hydrogens is 394 g/mol. The quantitative estimate of drug-likeness (QED) is 0.577. The average Bonchev–Trinajstić information content (AvgIpc) is 3.52. The molecule has 0 unspecified atom stereocenters. The number of carbonyl (C=O) groups is 2. The molecule has 0 aliphatic heterocycles. The van der Waals surface area contributed by atoms with Crippen molar-refractivity contribution in [3.8, 4) is 5.75 Å². The molecule has 2 aromatic carbocycles. The van der Waals surface area contributed by atoms with Gasteiger partial charge in [-0.25, -0.2) is 8.42 Å². The molecule has 29 heavy (non-hydrogen) atoms.